The maximum atomic E-state index is 11.9. The molecule has 0 aliphatic carbocycles. The van der Waals surface area contributed by atoms with Gasteiger partial charge in [-0.15, -0.1) is 18.3 Å². The van der Waals surface area contributed by atoms with Gasteiger partial charge in [0.15, 0.2) is 6.04 Å². The average Bonchev–Trinajstić information content (AvgIpc) is 2.45. The Morgan fingerprint density at radius 1 is 1.45 bits per heavy atom. The van der Waals surface area contributed by atoms with Crippen molar-refractivity contribution in [3.63, 3.8) is 0 Å². The standard InChI is InChI=1S/C16H21NO4S/c1-4-7-21-9-13(16(19)20)17-15(18)10-22-14-6-5-11(2)8-12(14)3/h4-6,8,13H,1,7,9-10H2,2-3H3,(H,17,18)(H,19,20). The zero-order valence-corrected chi connectivity index (χ0v) is 13.6. The molecule has 1 rings (SSSR count). The van der Waals surface area contributed by atoms with Crippen LogP contribution in [0, 0.1) is 13.8 Å². The molecule has 2 N–H and O–H groups in total. The van der Waals surface area contributed by atoms with Gasteiger partial charge in [-0.25, -0.2) is 4.79 Å². The van der Waals surface area contributed by atoms with Crippen molar-refractivity contribution < 1.29 is 19.4 Å². The van der Waals surface area contributed by atoms with Gasteiger partial charge in [-0.1, -0.05) is 23.8 Å². The van der Waals surface area contributed by atoms with E-state index in [2.05, 4.69) is 11.9 Å². The van der Waals surface area contributed by atoms with Crippen molar-refractivity contribution in [1.29, 1.82) is 0 Å². The van der Waals surface area contributed by atoms with Gasteiger partial charge in [-0.05, 0) is 25.5 Å². The lowest BCUT2D eigenvalue weighted by molar-refractivity contribution is -0.143. The van der Waals surface area contributed by atoms with E-state index in [0.717, 1.165) is 16.0 Å². The van der Waals surface area contributed by atoms with Gasteiger partial charge in [0.25, 0.3) is 0 Å². The predicted molar refractivity (Wildman–Crippen MR) is 87.2 cm³/mol. The summed E-state index contributed by atoms with van der Waals surface area (Å²) in [6.07, 6.45) is 1.52. The van der Waals surface area contributed by atoms with E-state index < -0.39 is 12.0 Å². The number of carboxylic acids is 1. The molecular weight excluding hydrogens is 302 g/mol. The van der Waals surface area contributed by atoms with Crippen LogP contribution in [-0.2, 0) is 14.3 Å². The Kier molecular flexibility index (Phi) is 7.70. The normalized spacial score (nSPS) is 11.7. The molecule has 0 saturated heterocycles. The molecule has 0 spiro atoms. The van der Waals surface area contributed by atoms with Crippen LogP contribution in [-0.4, -0.2) is 42.0 Å². The number of ether oxygens (including phenoxy) is 1. The van der Waals surface area contributed by atoms with Crippen molar-refractivity contribution in [2.45, 2.75) is 24.8 Å². The van der Waals surface area contributed by atoms with Crippen LogP contribution in [0.2, 0.25) is 0 Å². The minimum Gasteiger partial charge on any atom is -0.480 e. The summed E-state index contributed by atoms with van der Waals surface area (Å²) in [6.45, 7) is 7.63. The summed E-state index contributed by atoms with van der Waals surface area (Å²) in [6, 6.07) is 4.94. The van der Waals surface area contributed by atoms with Crippen LogP contribution in [0.5, 0.6) is 0 Å². The Balaban J connectivity index is 2.49. The summed E-state index contributed by atoms with van der Waals surface area (Å²) in [5.74, 6) is -1.29. The molecule has 1 atom stereocenters. The number of nitrogens with one attached hydrogen (secondary N) is 1. The largest absolute Gasteiger partial charge is 0.480 e. The van der Waals surface area contributed by atoms with Crippen LogP contribution in [0.4, 0.5) is 0 Å². The highest BCUT2D eigenvalue weighted by atomic mass is 32.2. The fourth-order valence-electron chi connectivity index (χ4n) is 1.78. The lowest BCUT2D eigenvalue weighted by Crippen LogP contribution is -2.44. The Bertz CT molecular complexity index is 545. The van der Waals surface area contributed by atoms with E-state index in [4.69, 9.17) is 9.84 Å². The fourth-order valence-corrected chi connectivity index (χ4v) is 2.61. The summed E-state index contributed by atoms with van der Waals surface area (Å²) in [5.41, 5.74) is 2.26. The van der Waals surface area contributed by atoms with E-state index in [1.54, 1.807) is 0 Å². The summed E-state index contributed by atoms with van der Waals surface area (Å²) >= 11 is 1.38. The summed E-state index contributed by atoms with van der Waals surface area (Å²) in [7, 11) is 0. The number of carbonyl (C=O) groups excluding carboxylic acids is 1. The smallest absolute Gasteiger partial charge is 0.328 e. The number of carbonyl (C=O) groups is 2. The summed E-state index contributed by atoms with van der Waals surface area (Å²) in [4.78, 5) is 23.9. The SMILES string of the molecule is C=CCOCC(NC(=O)CSc1ccc(C)cc1C)C(=O)O. The highest BCUT2D eigenvalue weighted by molar-refractivity contribution is 8.00. The molecule has 1 unspecified atom stereocenters. The minimum absolute atomic E-state index is 0.0820. The van der Waals surface area contributed by atoms with Gasteiger partial charge in [-0.2, -0.15) is 0 Å². The molecule has 120 valence electrons. The number of rotatable bonds is 9. The van der Waals surface area contributed by atoms with Crippen LogP contribution in [0.3, 0.4) is 0 Å². The van der Waals surface area contributed by atoms with Crippen molar-refractivity contribution >= 4 is 23.6 Å². The number of amides is 1. The van der Waals surface area contributed by atoms with Gasteiger partial charge < -0.3 is 15.2 Å². The van der Waals surface area contributed by atoms with Gasteiger partial charge >= 0.3 is 5.97 Å². The third kappa shape index (κ3) is 6.32. The quantitative estimate of drug-likeness (QED) is 0.414. The monoisotopic (exact) mass is 323 g/mol. The lowest BCUT2D eigenvalue weighted by Gasteiger charge is -2.14. The number of benzene rings is 1. The van der Waals surface area contributed by atoms with Crippen LogP contribution < -0.4 is 5.32 Å². The minimum atomic E-state index is -1.12. The Hall–Kier alpha value is -1.79. The number of aryl methyl sites for hydroxylation is 2. The second-order valence-electron chi connectivity index (χ2n) is 4.84. The average molecular weight is 323 g/mol. The predicted octanol–water partition coefficient (Wildman–Crippen LogP) is 2.17. The van der Waals surface area contributed by atoms with Gasteiger partial charge in [0.1, 0.15) is 0 Å². The molecule has 0 heterocycles. The maximum Gasteiger partial charge on any atom is 0.328 e. The first-order valence-corrected chi connectivity index (χ1v) is 7.83. The van der Waals surface area contributed by atoms with E-state index in [-0.39, 0.29) is 24.9 Å². The molecule has 0 saturated carbocycles. The van der Waals surface area contributed by atoms with E-state index >= 15 is 0 Å². The molecule has 5 nitrogen and oxygen atoms in total. The summed E-state index contributed by atoms with van der Waals surface area (Å²) in [5, 5.41) is 11.5. The molecule has 0 bridgehead atoms. The highest BCUT2D eigenvalue weighted by Crippen LogP contribution is 2.22. The summed E-state index contributed by atoms with van der Waals surface area (Å²) < 4.78 is 5.08. The second-order valence-corrected chi connectivity index (χ2v) is 5.86. The molecule has 0 fully saturated rings. The number of carboxylic acid groups (broad SMARTS) is 1. The van der Waals surface area contributed by atoms with E-state index in [1.165, 1.54) is 17.8 Å². The first kappa shape index (κ1) is 18.3. The topological polar surface area (TPSA) is 75.6 Å². The molecule has 1 aromatic rings. The van der Waals surface area contributed by atoms with Crippen LogP contribution >= 0.6 is 11.8 Å². The lowest BCUT2D eigenvalue weighted by atomic mass is 10.2. The highest BCUT2D eigenvalue weighted by Gasteiger charge is 2.20. The van der Waals surface area contributed by atoms with Crippen molar-refractivity contribution in [3.05, 3.63) is 42.0 Å². The molecular formula is C16H21NO4S. The van der Waals surface area contributed by atoms with Crippen molar-refractivity contribution in [2.24, 2.45) is 0 Å². The maximum absolute atomic E-state index is 11.9. The third-order valence-electron chi connectivity index (χ3n) is 2.84. The Morgan fingerprint density at radius 2 is 2.18 bits per heavy atom. The zero-order chi connectivity index (χ0) is 16.5. The zero-order valence-electron chi connectivity index (χ0n) is 12.8. The fraction of sp³-hybridized carbons (Fsp3) is 0.375. The van der Waals surface area contributed by atoms with Gasteiger partial charge in [0, 0.05) is 4.90 Å². The van der Waals surface area contributed by atoms with E-state index in [1.807, 2.05) is 32.0 Å². The first-order chi connectivity index (χ1) is 10.4. The van der Waals surface area contributed by atoms with Crippen molar-refractivity contribution in [1.82, 2.24) is 5.32 Å². The molecule has 0 aliphatic rings. The van der Waals surface area contributed by atoms with Gasteiger partial charge in [-0.3, -0.25) is 4.79 Å². The van der Waals surface area contributed by atoms with Gasteiger partial charge in [0.05, 0.1) is 19.0 Å². The van der Waals surface area contributed by atoms with Crippen molar-refractivity contribution in [2.75, 3.05) is 19.0 Å². The molecule has 1 amide bonds. The molecule has 1 aromatic carbocycles. The first-order valence-electron chi connectivity index (χ1n) is 6.85. The molecule has 22 heavy (non-hydrogen) atoms. The van der Waals surface area contributed by atoms with Crippen LogP contribution in [0.1, 0.15) is 11.1 Å². The van der Waals surface area contributed by atoms with Crippen LogP contribution in [0.25, 0.3) is 0 Å². The molecule has 0 aliphatic heterocycles. The van der Waals surface area contributed by atoms with E-state index in [0.29, 0.717) is 0 Å². The second kappa shape index (κ2) is 9.27. The van der Waals surface area contributed by atoms with E-state index in [9.17, 15) is 9.59 Å². The van der Waals surface area contributed by atoms with Crippen LogP contribution in [0.15, 0.2) is 35.7 Å². The number of hydrogen-bond donors (Lipinski definition) is 2. The van der Waals surface area contributed by atoms with Gasteiger partial charge in [0.2, 0.25) is 5.91 Å². The number of hydrogen-bond acceptors (Lipinski definition) is 4. The number of aliphatic carboxylic acids is 1. The molecule has 0 radical (unpaired) electrons. The number of thioether (sulfide) groups is 1. The third-order valence-corrected chi connectivity index (χ3v) is 4.02. The Labute approximate surface area is 134 Å². The molecule has 6 heteroatoms. The van der Waals surface area contributed by atoms with Crippen molar-refractivity contribution in [3.8, 4) is 0 Å². The Morgan fingerprint density at radius 3 is 2.77 bits per heavy atom. The molecule has 0 aromatic heterocycles.